The Labute approximate surface area is 258 Å². The standard InChI is InChI=1S/C37H27FN4O3/c38-29-18-24(21-39)19-30(20-29)40-33-12-11-32(35(43)41-37(14-15-37)28-9-7-26(8-10-28)36(44)45)34-31(33)13-16-42(34)22-23-5-6-25-3-1-2-4-27(25)17-23/h1-13,16-20,40H,14-15,22H2,(H,41,43)(H,44,45). The van der Waals surface area contributed by atoms with Crippen molar-refractivity contribution in [2.24, 2.45) is 0 Å². The predicted molar refractivity (Wildman–Crippen MR) is 171 cm³/mol. The number of anilines is 2. The number of aromatic carboxylic acids is 1. The third kappa shape index (κ3) is 5.36. The SMILES string of the molecule is N#Cc1cc(F)cc(Nc2ccc(C(=O)NC3(c4ccc(C(=O)O)cc4)CC3)c3c2ccn3Cc2ccc3ccccc3c2)c1. The number of nitrogens with zero attached hydrogens (tertiary/aromatic N) is 2. The van der Waals surface area contributed by atoms with Crippen LogP contribution < -0.4 is 10.6 Å². The van der Waals surface area contributed by atoms with E-state index in [4.69, 9.17) is 0 Å². The highest BCUT2D eigenvalue weighted by atomic mass is 19.1. The number of hydrogen-bond donors (Lipinski definition) is 3. The number of halogens is 1. The van der Waals surface area contributed by atoms with Crippen LogP contribution in [-0.2, 0) is 12.1 Å². The van der Waals surface area contributed by atoms with Gasteiger partial charge in [0.25, 0.3) is 5.91 Å². The third-order valence-electron chi connectivity index (χ3n) is 8.43. The number of benzene rings is 5. The fourth-order valence-electron chi connectivity index (χ4n) is 5.99. The minimum absolute atomic E-state index is 0.192. The molecule has 0 atom stereocenters. The fourth-order valence-corrected chi connectivity index (χ4v) is 5.99. The summed E-state index contributed by atoms with van der Waals surface area (Å²) in [4.78, 5) is 25.4. The molecule has 1 aromatic heterocycles. The summed E-state index contributed by atoms with van der Waals surface area (Å²) in [6, 6.07) is 32.6. The molecule has 6 aromatic rings. The Kier molecular flexibility index (Phi) is 6.79. The summed E-state index contributed by atoms with van der Waals surface area (Å²) in [5.41, 5.74) is 4.03. The van der Waals surface area contributed by atoms with Gasteiger partial charge in [0, 0.05) is 29.5 Å². The molecule has 1 heterocycles. The van der Waals surface area contributed by atoms with Gasteiger partial charge in [0.05, 0.1) is 33.8 Å². The maximum atomic E-state index is 14.2. The smallest absolute Gasteiger partial charge is 0.335 e. The molecule has 45 heavy (non-hydrogen) atoms. The van der Waals surface area contributed by atoms with Crippen LogP contribution in [-0.4, -0.2) is 21.6 Å². The Morgan fingerprint density at radius 2 is 1.69 bits per heavy atom. The molecule has 7 nitrogen and oxygen atoms in total. The Morgan fingerprint density at radius 1 is 0.911 bits per heavy atom. The lowest BCUT2D eigenvalue weighted by Crippen LogP contribution is -2.35. The van der Waals surface area contributed by atoms with Crippen LogP contribution in [0.15, 0.2) is 109 Å². The summed E-state index contributed by atoms with van der Waals surface area (Å²) in [6.45, 7) is 0.512. The van der Waals surface area contributed by atoms with Crippen LogP contribution in [0.1, 0.15) is 50.2 Å². The van der Waals surface area contributed by atoms with E-state index in [1.165, 1.54) is 12.1 Å². The normalized spacial score (nSPS) is 13.3. The number of fused-ring (bicyclic) bond motifs is 2. The van der Waals surface area contributed by atoms with Gasteiger partial charge in [0.15, 0.2) is 0 Å². The molecule has 1 fully saturated rings. The first-order valence-corrected chi connectivity index (χ1v) is 14.6. The Hall–Kier alpha value is -5.94. The number of carboxylic acid groups (broad SMARTS) is 1. The number of nitrogens with one attached hydrogen (secondary N) is 2. The van der Waals surface area contributed by atoms with E-state index in [1.807, 2.05) is 35.0 Å². The number of carbonyl (C=O) groups excluding carboxylic acids is 1. The second kappa shape index (κ2) is 11.0. The van der Waals surface area contributed by atoms with Crippen LogP contribution in [0.25, 0.3) is 21.7 Å². The second-order valence-electron chi connectivity index (χ2n) is 11.4. The van der Waals surface area contributed by atoms with Crippen molar-refractivity contribution in [2.75, 3.05) is 5.32 Å². The van der Waals surface area contributed by atoms with Crippen LogP contribution in [0.2, 0.25) is 0 Å². The zero-order chi connectivity index (χ0) is 31.1. The Bertz CT molecular complexity index is 2180. The fraction of sp³-hybridized carbons (Fsp3) is 0.108. The van der Waals surface area contributed by atoms with Gasteiger partial charge in [-0.05, 0) is 89.3 Å². The predicted octanol–water partition coefficient (Wildman–Crippen LogP) is 7.71. The van der Waals surface area contributed by atoms with Crippen molar-refractivity contribution in [1.82, 2.24) is 9.88 Å². The van der Waals surface area contributed by atoms with Crippen LogP contribution in [0, 0.1) is 17.1 Å². The third-order valence-corrected chi connectivity index (χ3v) is 8.43. The van der Waals surface area contributed by atoms with Gasteiger partial charge in [-0.2, -0.15) is 5.26 Å². The maximum absolute atomic E-state index is 14.2. The molecular weight excluding hydrogens is 567 g/mol. The number of nitriles is 1. The molecule has 0 aliphatic heterocycles. The van der Waals surface area contributed by atoms with Crippen molar-refractivity contribution in [3.8, 4) is 6.07 Å². The zero-order valence-electron chi connectivity index (χ0n) is 24.0. The van der Waals surface area contributed by atoms with Crippen LogP contribution in [0.3, 0.4) is 0 Å². The topological polar surface area (TPSA) is 107 Å². The van der Waals surface area contributed by atoms with E-state index >= 15 is 0 Å². The summed E-state index contributed by atoms with van der Waals surface area (Å²) in [7, 11) is 0. The van der Waals surface area contributed by atoms with Crippen molar-refractivity contribution in [1.29, 1.82) is 5.26 Å². The summed E-state index contributed by atoms with van der Waals surface area (Å²) in [6.07, 6.45) is 3.42. The quantitative estimate of drug-likeness (QED) is 0.167. The first-order valence-electron chi connectivity index (χ1n) is 14.6. The highest BCUT2D eigenvalue weighted by Gasteiger charge is 2.46. The molecule has 1 aliphatic rings. The average molecular weight is 595 g/mol. The molecule has 5 aromatic carbocycles. The molecule has 1 saturated carbocycles. The lowest BCUT2D eigenvalue weighted by atomic mass is 10.0. The van der Waals surface area contributed by atoms with E-state index < -0.39 is 17.3 Å². The number of carboxylic acids is 1. The first kappa shape index (κ1) is 27.9. The van der Waals surface area contributed by atoms with Gasteiger partial charge in [-0.1, -0.05) is 48.5 Å². The van der Waals surface area contributed by atoms with Gasteiger partial charge in [-0.15, -0.1) is 0 Å². The van der Waals surface area contributed by atoms with Crippen molar-refractivity contribution in [2.45, 2.75) is 24.9 Å². The van der Waals surface area contributed by atoms with Crippen molar-refractivity contribution >= 4 is 44.9 Å². The van der Waals surface area contributed by atoms with Gasteiger partial charge in [0.2, 0.25) is 0 Å². The number of hydrogen-bond acceptors (Lipinski definition) is 4. The van der Waals surface area contributed by atoms with E-state index in [-0.39, 0.29) is 17.0 Å². The second-order valence-corrected chi connectivity index (χ2v) is 11.4. The lowest BCUT2D eigenvalue weighted by Gasteiger charge is -2.20. The van der Waals surface area contributed by atoms with Crippen molar-refractivity contribution in [3.63, 3.8) is 0 Å². The molecule has 1 aliphatic carbocycles. The summed E-state index contributed by atoms with van der Waals surface area (Å²) < 4.78 is 16.3. The molecular formula is C37H27FN4O3. The van der Waals surface area contributed by atoms with Crippen LogP contribution in [0.5, 0.6) is 0 Å². The van der Waals surface area contributed by atoms with E-state index in [1.54, 1.807) is 42.5 Å². The number of rotatable bonds is 8. The monoisotopic (exact) mass is 594 g/mol. The van der Waals surface area contributed by atoms with E-state index in [0.717, 1.165) is 40.1 Å². The zero-order valence-corrected chi connectivity index (χ0v) is 24.0. The summed E-state index contributed by atoms with van der Waals surface area (Å²) >= 11 is 0. The highest BCUT2D eigenvalue weighted by molar-refractivity contribution is 6.10. The number of carbonyl (C=O) groups is 2. The average Bonchev–Trinajstić information content (AvgIpc) is 3.71. The molecule has 0 radical (unpaired) electrons. The van der Waals surface area contributed by atoms with Gasteiger partial charge < -0.3 is 20.3 Å². The highest BCUT2D eigenvalue weighted by Crippen LogP contribution is 2.46. The van der Waals surface area contributed by atoms with E-state index in [2.05, 4.69) is 41.0 Å². The minimum atomic E-state index is -0.999. The summed E-state index contributed by atoms with van der Waals surface area (Å²) in [5.74, 6) is -1.77. The molecule has 1 amide bonds. The Balaban J connectivity index is 1.28. The van der Waals surface area contributed by atoms with Crippen LogP contribution in [0.4, 0.5) is 15.8 Å². The molecule has 7 rings (SSSR count). The first-order chi connectivity index (χ1) is 21.8. The molecule has 0 saturated heterocycles. The maximum Gasteiger partial charge on any atom is 0.335 e. The molecule has 220 valence electrons. The van der Waals surface area contributed by atoms with Crippen molar-refractivity contribution < 1.29 is 19.1 Å². The Morgan fingerprint density at radius 3 is 2.42 bits per heavy atom. The van der Waals surface area contributed by atoms with Gasteiger partial charge in [-0.25, -0.2) is 9.18 Å². The largest absolute Gasteiger partial charge is 0.478 e. The molecule has 0 unspecified atom stereocenters. The lowest BCUT2D eigenvalue weighted by molar-refractivity contribution is 0.0696. The number of amides is 1. The number of aromatic nitrogens is 1. The van der Waals surface area contributed by atoms with E-state index in [9.17, 15) is 24.3 Å². The molecule has 0 bridgehead atoms. The van der Waals surface area contributed by atoms with E-state index in [0.29, 0.717) is 29.0 Å². The summed E-state index contributed by atoms with van der Waals surface area (Å²) in [5, 5.41) is 28.1. The molecule has 3 N–H and O–H groups in total. The van der Waals surface area contributed by atoms with Crippen LogP contribution >= 0.6 is 0 Å². The van der Waals surface area contributed by atoms with Gasteiger partial charge >= 0.3 is 5.97 Å². The van der Waals surface area contributed by atoms with Crippen molar-refractivity contribution in [3.05, 3.63) is 143 Å². The van der Waals surface area contributed by atoms with Gasteiger partial charge in [-0.3, -0.25) is 4.79 Å². The molecule has 0 spiro atoms. The minimum Gasteiger partial charge on any atom is -0.478 e. The van der Waals surface area contributed by atoms with Gasteiger partial charge in [0.1, 0.15) is 5.82 Å². The molecule has 8 heteroatoms.